The Morgan fingerprint density at radius 1 is 1.40 bits per heavy atom. The predicted molar refractivity (Wildman–Crippen MR) is 102 cm³/mol. The van der Waals surface area contributed by atoms with Crippen molar-refractivity contribution in [2.45, 2.75) is 20.4 Å². The van der Waals surface area contributed by atoms with Gasteiger partial charge in [0.25, 0.3) is 5.91 Å². The van der Waals surface area contributed by atoms with Gasteiger partial charge in [0.15, 0.2) is 10.8 Å². The van der Waals surface area contributed by atoms with Crippen LogP contribution in [0, 0.1) is 0 Å². The lowest BCUT2D eigenvalue weighted by Gasteiger charge is -2.23. The third kappa shape index (κ3) is 3.56. The van der Waals surface area contributed by atoms with E-state index in [2.05, 4.69) is 33.7 Å². The second-order valence-electron chi connectivity index (χ2n) is 5.84. The molecule has 0 bridgehead atoms. The molecule has 25 heavy (non-hydrogen) atoms. The quantitative estimate of drug-likeness (QED) is 0.733. The highest BCUT2D eigenvalue weighted by molar-refractivity contribution is 7.22. The average Bonchev–Trinajstić information content (AvgIpc) is 3.15. The number of thiazole rings is 1. The summed E-state index contributed by atoms with van der Waals surface area (Å²) >= 11 is 1.45. The number of nitrogens with one attached hydrogen (secondary N) is 1. The molecule has 3 aromatic rings. The fraction of sp³-hybridized carbons (Fsp3) is 0.278. The smallest absolute Gasteiger partial charge is 0.277 e. The van der Waals surface area contributed by atoms with Crippen LogP contribution < -0.4 is 5.32 Å². The first-order chi connectivity index (χ1) is 12.0. The van der Waals surface area contributed by atoms with Gasteiger partial charge in [0.05, 0.1) is 28.8 Å². The van der Waals surface area contributed by atoms with Gasteiger partial charge in [-0.05, 0) is 26.0 Å². The Hall–Kier alpha value is -2.67. The van der Waals surface area contributed by atoms with Crippen molar-refractivity contribution in [2.75, 3.05) is 11.9 Å². The van der Waals surface area contributed by atoms with Crippen LogP contribution in [0.15, 0.2) is 42.9 Å². The summed E-state index contributed by atoms with van der Waals surface area (Å²) in [5.74, 6) is -0.243. The monoisotopic (exact) mass is 355 g/mol. The first-order valence-corrected chi connectivity index (χ1v) is 8.88. The molecule has 0 unspecified atom stereocenters. The largest absolute Gasteiger partial charge is 0.370 e. The zero-order chi connectivity index (χ0) is 18.0. The molecule has 0 fully saturated rings. The number of hydrogen-bond acceptors (Lipinski definition) is 5. The number of rotatable bonds is 6. The fourth-order valence-electron chi connectivity index (χ4n) is 2.61. The number of fused-ring (bicyclic) bond motifs is 1. The van der Waals surface area contributed by atoms with Crippen molar-refractivity contribution >= 4 is 32.6 Å². The maximum Gasteiger partial charge on any atom is 0.277 e. The van der Waals surface area contributed by atoms with Crippen LogP contribution in [0.3, 0.4) is 0 Å². The van der Waals surface area contributed by atoms with Crippen LogP contribution in [-0.2, 0) is 13.6 Å². The van der Waals surface area contributed by atoms with E-state index in [0.29, 0.717) is 17.4 Å². The highest BCUT2D eigenvalue weighted by atomic mass is 32.1. The molecular weight excluding hydrogens is 334 g/mol. The van der Waals surface area contributed by atoms with Gasteiger partial charge in [0.2, 0.25) is 0 Å². The van der Waals surface area contributed by atoms with Crippen molar-refractivity contribution in [1.82, 2.24) is 19.4 Å². The van der Waals surface area contributed by atoms with Crippen LogP contribution in [0.1, 0.15) is 30.0 Å². The first-order valence-electron chi connectivity index (χ1n) is 8.07. The lowest BCUT2D eigenvalue weighted by Crippen LogP contribution is -2.24. The standard InChI is InChI=1S/C18H21N5OS/c1-5-23(12(2)3)10-14-16(19-11-22(14)4)17(24)21-18-20-13-8-6-7-9-15(13)25-18/h6-9,11H,2,5,10H2,1,3-4H3,(H,20,21,24). The SMILES string of the molecule is C=C(C)N(CC)Cc1c(C(=O)Nc2nc3ccccc3s2)ncn1C. The molecule has 0 spiro atoms. The number of aryl methyl sites for hydroxylation is 1. The summed E-state index contributed by atoms with van der Waals surface area (Å²) in [6, 6.07) is 7.81. The highest BCUT2D eigenvalue weighted by Crippen LogP contribution is 2.26. The number of carbonyl (C=O) groups excluding carboxylic acids is 1. The van der Waals surface area contributed by atoms with Crippen LogP contribution in [-0.4, -0.2) is 31.9 Å². The average molecular weight is 355 g/mol. The molecule has 0 aliphatic rings. The van der Waals surface area contributed by atoms with Gasteiger partial charge in [-0.2, -0.15) is 0 Å². The van der Waals surface area contributed by atoms with E-state index in [4.69, 9.17) is 0 Å². The highest BCUT2D eigenvalue weighted by Gasteiger charge is 2.20. The minimum Gasteiger partial charge on any atom is -0.370 e. The molecule has 6 nitrogen and oxygen atoms in total. The Morgan fingerprint density at radius 2 is 2.16 bits per heavy atom. The summed E-state index contributed by atoms with van der Waals surface area (Å²) in [4.78, 5) is 23.5. The molecule has 0 saturated heterocycles. The maximum absolute atomic E-state index is 12.7. The number of carbonyl (C=O) groups is 1. The molecule has 1 aromatic carbocycles. The Bertz CT molecular complexity index is 894. The van der Waals surface area contributed by atoms with Gasteiger partial charge >= 0.3 is 0 Å². The van der Waals surface area contributed by atoms with Crippen LogP contribution in [0.5, 0.6) is 0 Å². The summed E-state index contributed by atoms with van der Waals surface area (Å²) in [5.41, 5.74) is 3.11. The second kappa shape index (κ2) is 7.06. The molecule has 0 aliphatic carbocycles. The number of aromatic nitrogens is 3. The molecule has 1 N–H and O–H groups in total. The zero-order valence-corrected chi connectivity index (χ0v) is 15.4. The van der Waals surface area contributed by atoms with E-state index in [1.54, 1.807) is 6.33 Å². The minimum atomic E-state index is -0.243. The van der Waals surface area contributed by atoms with Crippen molar-refractivity contribution in [3.05, 3.63) is 54.3 Å². The molecule has 3 rings (SSSR count). The molecule has 0 radical (unpaired) electrons. The molecule has 0 aliphatic heterocycles. The molecule has 0 atom stereocenters. The molecule has 7 heteroatoms. The third-order valence-electron chi connectivity index (χ3n) is 4.05. The molecule has 2 heterocycles. The lowest BCUT2D eigenvalue weighted by atomic mass is 10.2. The van der Waals surface area contributed by atoms with Crippen LogP contribution >= 0.6 is 11.3 Å². The van der Waals surface area contributed by atoms with Crippen LogP contribution in [0.4, 0.5) is 5.13 Å². The Balaban J connectivity index is 1.83. The normalized spacial score (nSPS) is 10.8. The van der Waals surface area contributed by atoms with Gasteiger partial charge < -0.3 is 9.47 Å². The minimum absolute atomic E-state index is 0.243. The van der Waals surface area contributed by atoms with Gasteiger partial charge in [-0.15, -0.1) is 0 Å². The predicted octanol–water partition coefficient (Wildman–Crippen LogP) is 3.64. The van der Waals surface area contributed by atoms with Crippen molar-refractivity contribution in [1.29, 1.82) is 0 Å². The topological polar surface area (TPSA) is 63.1 Å². The van der Waals surface area contributed by atoms with Gasteiger partial charge in [-0.3, -0.25) is 10.1 Å². The summed E-state index contributed by atoms with van der Waals surface area (Å²) < 4.78 is 2.91. The number of imidazole rings is 1. The number of allylic oxidation sites excluding steroid dienone is 1. The van der Waals surface area contributed by atoms with E-state index in [-0.39, 0.29) is 5.91 Å². The first kappa shape index (κ1) is 17.2. The second-order valence-corrected chi connectivity index (χ2v) is 6.87. The van der Waals surface area contributed by atoms with Crippen molar-refractivity contribution in [2.24, 2.45) is 7.05 Å². The zero-order valence-electron chi connectivity index (χ0n) is 14.6. The number of benzene rings is 1. The molecule has 0 saturated carbocycles. The van der Waals surface area contributed by atoms with Crippen LogP contribution in [0.2, 0.25) is 0 Å². The Labute approximate surface area is 150 Å². The van der Waals surface area contributed by atoms with E-state index >= 15 is 0 Å². The van der Waals surface area contributed by atoms with Crippen molar-refractivity contribution < 1.29 is 4.79 Å². The Kier molecular flexibility index (Phi) is 4.85. The van der Waals surface area contributed by atoms with Gasteiger partial charge in [-0.1, -0.05) is 30.0 Å². The molecule has 1 amide bonds. The summed E-state index contributed by atoms with van der Waals surface area (Å²) in [7, 11) is 1.89. The van der Waals surface area contributed by atoms with E-state index < -0.39 is 0 Å². The summed E-state index contributed by atoms with van der Waals surface area (Å²) in [6.45, 7) is 9.42. The number of anilines is 1. The van der Waals surface area contributed by atoms with E-state index in [9.17, 15) is 4.79 Å². The fourth-order valence-corrected chi connectivity index (χ4v) is 3.47. The van der Waals surface area contributed by atoms with Crippen molar-refractivity contribution in [3.63, 3.8) is 0 Å². The van der Waals surface area contributed by atoms with Gasteiger partial charge in [0.1, 0.15) is 0 Å². The molecule has 2 aromatic heterocycles. The Morgan fingerprint density at radius 3 is 2.84 bits per heavy atom. The maximum atomic E-state index is 12.7. The third-order valence-corrected chi connectivity index (χ3v) is 5.00. The molecular formula is C18H21N5OS. The van der Waals surface area contributed by atoms with Crippen molar-refractivity contribution in [3.8, 4) is 0 Å². The summed E-state index contributed by atoms with van der Waals surface area (Å²) in [6.07, 6.45) is 1.66. The van der Waals surface area contributed by atoms with E-state index in [0.717, 1.165) is 28.2 Å². The summed E-state index contributed by atoms with van der Waals surface area (Å²) in [5, 5.41) is 3.45. The molecule has 130 valence electrons. The number of amides is 1. The lowest BCUT2D eigenvalue weighted by molar-refractivity contribution is 0.102. The number of nitrogens with zero attached hydrogens (tertiary/aromatic N) is 4. The number of hydrogen-bond donors (Lipinski definition) is 1. The van der Waals surface area contributed by atoms with E-state index in [1.807, 2.05) is 42.8 Å². The van der Waals surface area contributed by atoms with Crippen LogP contribution in [0.25, 0.3) is 10.2 Å². The van der Waals surface area contributed by atoms with Gasteiger partial charge in [0, 0.05) is 19.3 Å². The van der Waals surface area contributed by atoms with E-state index in [1.165, 1.54) is 11.3 Å². The number of para-hydroxylation sites is 1. The van der Waals surface area contributed by atoms with Gasteiger partial charge in [-0.25, -0.2) is 9.97 Å².